The van der Waals surface area contributed by atoms with Gasteiger partial charge in [0.2, 0.25) is 0 Å². The van der Waals surface area contributed by atoms with Gasteiger partial charge in [0.1, 0.15) is 0 Å². The van der Waals surface area contributed by atoms with Gasteiger partial charge in [-0.15, -0.1) is 0 Å². The molecule has 2 aliphatic heterocycles. The van der Waals surface area contributed by atoms with E-state index in [0.29, 0.717) is 6.61 Å². The van der Waals surface area contributed by atoms with Gasteiger partial charge in [0.25, 0.3) is 5.79 Å². The lowest BCUT2D eigenvalue weighted by Gasteiger charge is -2.33. The lowest BCUT2D eigenvalue weighted by Crippen LogP contribution is -2.47. The zero-order chi connectivity index (χ0) is 13.6. The van der Waals surface area contributed by atoms with Gasteiger partial charge in [-0.25, -0.2) is 0 Å². The Labute approximate surface area is 106 Å². The summed E-state index contributed by atoms with van der Waals surface area (Å²) in [5.74, 6) is -3.92. The van der Waals surface area contributed by atoms with Crippen LogP contribution in [-0.4, -0.2) is 36.2 Å². The van der Waals surface area contributed by atoms with Crippen LogP contribution in [0.1, 0.15) is 34.1 Å². The summed E-state index contributed by atoms with van der Waals surface area (Å²) in [7, 11) is 0. The van der Waals surface area contributed by atoms with Crippen LogP contribution in [-0.2, 0) is 28.5 Å². The van der Waals surface area contributed by atoms with Crippen molar-refractivity contribution in [2.24, 2.45) is 5.92 Å². The fourth-order valence-electron chi connectivity index (χ4n) is 2.08. The lowest BCUT2D eigenvalue weighted by atomic mass is 10.0. The highest BCUT2D eigenvalue weighted by Crippen LogP contribution is 2.30. The van der Waals surface area contributed by atoms with Gasteiger partial charge >= 0.3 is 11.9 Å². The first-order chi connectivity index (χ1) is 8.19. The quantitative estimate of drug-likeness (QED) is 0.543. The molecular formula is C12H18O6. The van der Waals surface area contributed by atoms with E-state index < -0.39 is 29.4 Å². The monoisotopic (exact) mass is 258 g/mol. The van der Waals surface area contributed by atoms with Gasteiger partial charge in [-0.1, -0.05) is 0 Å². The van der Waals surface area contributed by atoms with Gasteiger partial charge in [-0.3, -0.25) is 9.59 Å². The Hall–Kier alpha value is -1.14. The molecule has 0 unspecified atom stereocenters. The molecule has 0 bridgehead atoms. The SMILES string of the molecule is CC1(C)OC(=O)C(C[C@H]2COC(C)(C)O2)C(=O)O1. The highest BCUT2D eigenvalue weighted by molar-refractivity contribution is 5.96. The molecule has 2 heterocycles. The standard InChI is InChI=1S/C12H18O6/c1-11(2)15-6-7(16-11)5-8-9(13)17-12(3,4)18-10(8)14/h7-8H,5-6H2,1-4H3/t7-/m0/s1. The zero-order valence-electron chi connectivity index (χ0n) is 11.0. The van der Waals surface area contributed by atoms with Gasteiger partial charge in [0.15, 0.2) is 11.7 Å². The van der Waals surface area contributed by atoms with Crippen LogP contribution >= 0.6 is 0 Å². The predicted octanol–water partition coefficient (Wildman–Crippen LogP) is 0.980. The molecule has 6 heteroatoms. The van der Waals surface area contributed by atoms with Crippen molar-refractivity contribution in [3.63, 3.8) is 0 Å². The van der Waals surface area contributed by atoms with Gasteiger partial charge in [-0.05, 0) is 20.3 Å². The molecule has 0 aromatic heterocycles. The molecule has 0 saturated carbocycles. The molecule has 2 rings (SSSR count). The fourth-order valence-corrected chi connectivity index (χ4v) is 2.08. The van der Waals surface area contributed by atoms with E-state index in [-0.39, 0.29) is 12.5 Å². The second-order valence-electron chi connectivity index (χ2n) is 5.48. The van der Waals surface area contributed by atoms with Crippen LogP contribution < -0.4 is 0 Å². The Morgan fingerprint density at radius 3 is 2.06 bits per heavy atom. The van der Waals surface area contributed by atoms with E-state index in [0.717, 1.165) is 0 Å². The van der Waals surface area contributed by atoms with Gasteiger partial charge in [-0.2, -0.15) is 0 Å². The molecule has 18 heavy (non-hydrogen) atoms. The number of carbonyl (C=O) groups excluding carboxylic acids is 2. The van der Waals surface area contributed by atoms with Crippen molar-refractivity contribution in [2.75, 3.05) is 6.61 Å². The van der Waals surface area contributed by atoms with Crippen molar-refractivity contribution < 1.29 is 28.5 Å². The van der Waals surface area contributed by atoms with Crippen molar-refractivity contribution in [3.8, 4) is 0 Å². The first-order valence-corrected chi connectivity index (χ1v) is 5.96. The average Bonchev–Trinajstić information content (AvgIpc) is 2.50. The van der Waals surface area contributed by atoms with Crippen LogP contribution in [0.3, 0.4) is 0 Å². The van der Waals surface area contributed by atoms with Crippen molar-refractivity contribution >= 4 is 11.9 Å². The molecule has 0 aromatic carbocycles. The molecule has 2 fully saturated rings. The van der Waals surface area contributed by atoms with Crippen molar-refractivity contribution in [2.45, 2.75) is 51.8 Å². The molecule has 6 nitrogen and oxygen atoms in total. The second-order valence-corrected chi connectivity index (χ2v) is 5.48. The number of rotatable bonds is 2. The third-order valence-electron chi connectivity index (χ3n) is 2.83. The summed E-state index contributed by atoms with van der Waals surface area (Å²) in [6, 6.07) is 0. The first-order valence-electron chi connectivity index (χ1n) is 5.96. The van der Waals surface area contributed by atoms with E-state index in [2.05, 4.69) is 0 Å². The number of hydrogen-bond donors (Lipinski definition) is 0. The Kier molecular flexibility index (Phi) is 3.11. The van der Waals surface area contributed by atoms with E-state index in [1.165, 1.54) is 13.8 Å². The Balaban J connectivity index is 1.98. The first kappa shape index (κ1) is 13.3. The maximum Gasteiger partial charge on any atom is 0.323 e. The van der Waals surface area contributed by atoms with Gasteiger partial charge < -0.3 is 18.9 Å². The summed E-state index contributed by atoms with van der Waals surface area (Å²) in [6.07, 6.45) is -0.0803. The number of carbonyl (C=O) groups is 2. The van der Waals surface area contributed by atoms with Crippen molar-refractivity contribution in [3.05, 3.63) is 0 Å². The molecule has 0 spiro atoms. The van der Waals surface area contributed by atoms with Crippen LogP contribution in [0.2, 0.25) is 0 Å². The average molecular weight is 258 g/mol. The van der Waals surface area contributed by atoms with Crippen molar-refractivity contribution in [1.29, 1.82) is 0 Å². The molecule has 2 aliphatic rings. The predicted molar refractivity (Wildman–Crippen MR) is 59.3 cm³/mol. The molecular weight excluding hydrogens is 240 g/mol. The number of esters is 2. The van der Waals surface area contributed by atoms with Gasteiger partial charge in [0, 0.05) is 13.8 Å². The Morgan fingerprint density at radius 2 is 1.61 bits per heavy atom. The van der Waals surface area contributed by atoms with Crippen LogP contribution in [0, 0.1) is 5.92 Å². The minimum Gasteiger partial charge on any atom is -0.422 e. The smallest absolute Gasteiger partial charge is 0.323 e. The van der Waals surface area contributed by atoms with E-state index in [9.17, 15) is 9.59 Å². The zero-order valence-corrected chi connectivity index (χ0v) is 11.0. The summed E-state index contributed by atoms with van der Waals surface area (Å²) < 4.78 is 21.0. The number of hydrogen-bond acceptors (Lipinski definition) is 6. The molecule has 1 atom stereocenters. The van der Waals surface area contributed by atoms with E-state index in [4.69, 9.17) is 18.9 Å². The third kappa shape index (κ3) is 2.81. The highest BCUT2D eigenvalue weighted by Gasteiger charge is 2.46. The van der Waals surface area contributed by atoms with E-state index >= 15 is 0 Å². The summed E-state index contributed by atoms with van der Waals surface area (Å²) >= 11 is 0. The summed E-state index contributed by atoms with van der Waals surface area (Å²) in [6.45, 7) is 6.98. The number of cyclic esters (lactones) is 2. The molecule has 102 valence electrons. The summed E-state index contributed by atoms with van der Waals surface area (Å²) in [4.78, 5) is 23.5. The van der Waals surface area contributed by atoms with E-state index in [1.807, 2.05) is 0 Å². The highest BCUT2D eigenvalue weighted by atomic mass is 16.8. The van der Waals surface area contributed by atoms with Crippen LogP contribution in [0.5, 0.6) is 0 Å². The molecule has 0 N–H and O–H groups in total. The third-order valence-corrected chi connectivity index (χ3v) is 2.83. The fraction of sp³-hybridized carbons (Fsp3) is 0.833. The maximum absolute atomic E-state index is 11.8. The topological polar surface area (TPSA) is 71.1 Å². The van der Waals surface area contributed by atoms with Crippen molar-refractivity contribution in [1.82, 2.24) is 0 Å². The molecule has 0 aliphatic carbocycles. The lowest BCUT2D eigenvalue weighted by molar-refractivity contribution is -0.241. The Morgan fingerprint density at radius 1 is 1.06 bits per heavy atom. The summed E-state index contributed by atoms with van der Waals surface area (Å²) in [5, 5.41) is 0. The minimum atomic E-state index is -1.18. The maximum atomic E-state index is 11.8. The van der Waals surface area contributed by atoms with Gasteiger partial charge in [0.05, 0.1) is 12.7 Å². The van der Waals surface area contributed by atoms with Crippen LogP contribution in [0.25, 0.3) is 0 Å². The molecule has 0 aromatic rings. The Bertz CT molecular complexity index is 353. The van der Waals surface area contributed by atoms with Crippen LogP contribution in [0.4, 0.5) is 0 Å². The second kappa shape index (κ2) is 4.20. The summed E-state index contributed by atoms with van der Waals surface area (Å²) in [5.41, 5.74) is 0. The molecule has 0 amide bonds. The molecule has 0 radical (unpaired) electrons. The van der Waals surface area contributed by atoms with Crippen LogP contribution in [0.15, 0.2) is 0 Å². The number of ether oxygens (including phenoxy) is 4. The molecule has 2 saturated heterocycles. The largest absolute Gasteiger partial charge is 0.422 e. The normalized spacial score (nSPS) is 31.0. The van der Waals surface area contributed by atoms with E-state index in [1.54, 1.807) is 13.8 Å². The minimum absolute atomic E-state index is 0.219.